The highest BCUT2D eigenvalue weighted by Crippen LogP contribution is 2.18. The molecule has 1 heterocycles. The van der Waals surface area contributed by atoms with Gasteiger partial charge in [-0.3, -0.25) is 14.4 Å². The van der Waals surface area contributed by atoms with Crippen LogP contribution in [0, 0.1) is 35.5 Å². The van der Waals surface area contributed by atoms with Crippen molar-refractivity contribution in [1.29, 1.82) is 0 Å². The van der Waals surface area contributed by atoms with E-state index in [4.69, 9.17) is 53.1 Å². The molecular weight excluding hydrogens is 1270 g/mol. The SMILES string of the molecule is C=O.C=O.C=O.C=O.C=O.C=O.C=O.C=O.C=O.C=O.CC.CC(=O)N(C)C(Cc1ccccc1)C(=O)C[C@@H](C)C(=O)N1CCCCC1.CC(C)C.CC(C)C.CC(C)O.CCC(C)C.CCC(C)C.CCC(C)C.CCc1ccccc1.CN.CN.CN.CN.CN.CN.N.N.N.N. The van der Waals surface area contributed by atoms with E-state index in [0.717, 1.165) is 67.5 Å². The van der Waals surface area contributed by atoms with E-state index in [0.29, 0.717) is 6.42 Å². The zero-order valence-electron chi connectivity index (χ0n) is 69.7. The molecule has 0 saturated carbocycles. The van der Waals surface area contributed by atoms with E-state index >= 15 is 0 Å². The molecule has 1 fully saturated rings. The maximum atomic E-state index is 12.9. The molecule has 99 heavy (non-hydrogen) atoms. The number of likely N-dealkylation sites (tertiary alicyclic amines) is 1. The number of aliphatic hydroxyl groups excluding tert-OH is 1. The van der Waals surface area contributed by atoms with Crippen molar-refractivity contribution in [3.05, 3.63) is 71.8 Å². The number of piperidine rings is 1. The van der Waals surface area contributed by atoms with Gasteiger partial charge in [0.05, 0.1) is 6.04 Å². The topological polar surface area (TPSA) is 545 Å². The third-order valence-corrected chi connectivity index (χ3v) is 8.90. The summed E-state index contributed by atoms with van der Waals surface area (Å²) in [5.74, 6) is 3.83. The van der Waals surface area contributed by atoms with Gasteiger partial charge < -0.3 is 122 Å². The molecule has 0 radical (unpaired) electrons. The van der Waals surface area contributed by atoms with Gasteiger partial charge in [0.2, 0.25) is 11.8 Å². The van der Waals surface area contributed by atoms with Gasteiger partial charge in [-0.15, -0.1) is 0 Å². The Kier molecular flexibility index (Phi) is 374. The molecule has 0 aliphatic carbocycles. The Morgan fingerprint density at radius 1 is 0.424 bits per heavy atom. The molecule has 0 spiro atoms. The summed E-state index contributed by atoms with van der Waals surface area (Å²) in [6, 6.07) is 19.6. The third-order valence-electron chi connectivity index (χ3n) is 8.90. The first kappa shape index (κ1) is 175. The maximum Gasteiger partial charge on any atom is 0.225 e. The van der Waals surface area contributed by atoms with Gasteiger partial charge in [0, 0.05) is 45.5 Å². The van der Waals surface area contributed by atoms with E-state index in [1.54, 1.807) is 20.9 Å². The van der Waals surface area contributed by atoms with Crippen LogP contribution in [0.2, 0.25) is 0 Å². The van der Waals surface area contributed by atoms with Crippen molar-refractivity contribution in [2.75, 3.05) is 62.4 Å². The first-order valence-electron chi connectivity index (χ1n) is 31.5. The zero-order valence-corrected chi connectivity index (χ0v) is 69.7. The molecule has 1 unspecified atom stereocenters. The molecule has 0 aromatic heterocycles. The van der Waals surface area contributed by atoms with E-state index in [-0.39, 0.29) is 60.6 Å². The Labute approximate surface area is 611 Å². The van der Waals surface area contributed by atoms with Crippen LogP contribution in [0.4, 0.5) is 0 Å². The Balaban J connectivity index is -0.0000000260. The fourth-order valence-corrected chi connectivity index (χ4v) is 4.19. The van der Waals surface area contributed by atoms with Gasteiger partial charge in [0.25, 0.3) is 0 Å². The molecular formula is C73H172N12O14. The molecule has 1 aliphatic rings. The summed E-state index contributed by atoms with van der Waals surface area (Å²) in [5, 5.41) is 8.06. The molecule has 25 N–H and O–H groups in total. The molecule has 3 rings (SSSR count). The smallest absolute Gasteiger partial charge is 0.225 e. The summed E-state index contributed by atoms with van der Waals surface area (Å²) in [5.41, 5.74) is 29.4. The first-order valence-corrected chi connectivity index (χ1v) is 31.5. The number of Topliss-reactive ketones (excluding diaryl/α,β-unsaturated/α-hetero) is 1. The lowest BCUT2D eigenvalue weighted by molar-refractivity contribution is -0.140. The summed E-state index contributed by atoms with van der Waals surface area (Å²) in [6.07, 6.45) is 8.78. The van der Waals surface area contributed by atoms with Gasteiger partial charge in [0.1, 0.15) is 67.9 Å². The van der Waals surface area contributed by atoms with E-state index in [1.165, 1.54) is 85.4 Å². The standard InChI is InChI=1S/C21H30N2O3.C8H10.3C5H12.2C4H10.C3H8O.C2H6.6CH5N.10CH2O.4H3N/c1-16(21(26)23-12-8-5-9-13-23)14-20(25)19(22(3)17(2)24)15-18-10-6-4-7-11-18;1-2-8-6-4-3-5-7-8;3*1-4-5(2)3;2*1-4(2)3;1-3(2)4;17*1-2;;;;/h4,6-7,10-11,16,19H,5,8-9,12-15H2,1-3H3;3-7H,2H2,1H3;3*5H,4H2,1-3H3;2*4H,1-3H3;3-4H,1-2H3;1-2H3;6*2H2,1H3;10*1H2;4*1H3/t16-,19?;;;;;;;;;;;;;;;;;;;;;;;;;;;;/m1............................/s1. The molecule has 1 saturated heterocycles. The molecule has 1 aliphatic heterocycles. The number of carbonyl (C=O) groups excluding carboxylic acids is 13. The molecule has 2 aromatic carbocycles. The van der Waals surface area contributed by atoms with Crippen molar-refractivity contribution < 1.29 is 67.4 Å². The van der Waals surface area contributed by atoms with Crippen molar-refractivity contribution >= 4 is 85.5 Å². The van der Waals surface area contributed by atoms with Crippen LogP contribution >= 0.6 is 0 Å². The number of hydrogen-bond donors (Lipinski definition) is 11. The number of likely N-dealkylation sites (N-methyl/N-ethyl adjacent to an activating group) is 1. The Morgan fingerprint density at radius 3 is 0.778 bits per heavy atom. The van der Waals surface area contributed by atoms with Crippen LogP contribution in [-0.4, -0.2) is 175 Å². The summed E-state index contributed by atoms with van der Waals surface area (Å²) >= 11 is 0. The number of benzene rings is 2. The second-order valence-electron chi connectivity index (χ2n) is 19.1. The lowest BCUT2D eigenvalue weighted by Gasteiger charge is -2.30. The van der Waals surface area contributed by atoms with Crippen LogP contribution in [0.25, 0.3) is 0 Å². The molecule has 26 nitrogen and oxygen atoms in total. The van der Waals surface area contributed by atoms with Crippen LogP contribution in [0.15, 0.2) is 60.7 Å². The molecule has 2 amide bonds. The van der Waals surface area contributed by atoms with Gasteiger partial charge in [-0.2, -0.15) is 0 Å². The van der Waals surface area contributed by atoms with Crippen molar-refractivity contribution in [2.24, 2.45) is 69.9 Å². The second-order valence-corrected chi connectivity index (χ2v) is 19.1. The zero-order chi connectivity index (χ0) is 82.5. The minimum Gasteiger partial charge on any atom is -0.394 e. The van der Waals surface area contributed by atoms with E-state index in [2.05, 4.69) is 169 Å². The van der Waals surface area contributed by atoms with Crippen LogP contribution < -0.4 is 59.0 Å². The predicted octanol–water partition coefficient (Wildman–Crippen LogP) is 12.1. The third kappa shape index (κ3) is 256. The number of aryl methyl sites for hydroxylation is 1. The number of aliphatic hydroxyl groups is 1. The fourth-order valence-electron chi connectivity index (χ4n) is 4.19. The molecule has 608 valence electrons. The monoisotopic (exact) mass is 1440 g/mol. The number of carbonyl (C=O) groups is 13. The minimum atomic E-state index is -0.536. The van der Waals surface area contributed by atoms with E-state index in [1.807, 2.05) is 130 Å². The second kappa shape index (κ2) is 212. The van der Waals surface area contributed by atoms with Crippen LogP contribution in [0.5, 0.6) is 0 Å². The van der Waals surface area contributed by atoms with Gasteiger partial charge >= 0.3 is 0 Å². The maximum absolute atomic E-state index is 12.9. The molecule has 2 aromatic rings. The van der Waals surface area contributed by atoms with Crippen LogP contribution in [0.3, 0.4) is 0 Å². The van der Waals surface area contributed by atoms with Gasteiger partial charge in [-0.1, -0.05) is 211 Å². The van der Waals surface area contributed by atoms with Crippen molar-refractivity contribution in [3.63, 3.8) is 0 Å². The average molecular weight is 1440 g/mol. The summed E-state index contributed by atoms with van der Waals surface area (Å²) in [7, 11) is 10.7. The summed E-state index contributed by atoms with van der Waals surface area (Å²) < 4.78 is 0. The highest BCUT2D eigenvalue weighted by molar-refractivity contribution is 5.92. The van der Waals surface area contributed by atoms with Gasteiger partial charge in [-0.05, 0) is 129 Å². The van der Waals surface area contributed by atoms with Crippen molar-refractivity contribution in [2.45, 2.75) is 222 Å². The van der Waals surface area contributed by atoms with E-state index in [9.17, 15) is 14.4 Å². The Bertz CT molecular complexity index is 1380. The number of ketones is 1. The fraction of sp³-hybridized carbons (Fsp3) is 0.658. The average Bonchev–Trinajstić information content (AvgIpc) is 0.884. The lowest BCUT2D eigenvalue weighted by atomic mass is 9.93. The molecule has 26 heteroatoms. The number of hydrogen-bond acceptors (Lipinski definition) is 24. The van der Waals surface area contributed by atoms with Gasteiger partial charge in [0.15, 0.2) is 5.78 Å². The summed E-state index contributed by atoms with van der Waals surface area (Å²) in [4.78, 5) is 121. The highest BCUT2D eigenvalue weighted by atomic mass is 16.3. The van der Waals surface area contributed by atoms with Gasteiger partial charge in [-0.25, -0.2) is 0 Å². The largest absolute Gasteiger partial charge is 0.394 e. The molecule has 2 atom stereocenters. The highest BCUT2D eigenvalue weighted by Gasteiger charge is 2.30. The number of amides is 2. The number of rotatable bonds is 11. The Morgan fingerprint density at radius 2 is 0.616 bits per heavy atom. The van der Waals surface area contributed by atoms with Crippen LogP contribution in [-0.2, 0) is 75.2 Å². The summed E-state index contributed by atoms with van der Waals surface area (Å²) in [6.45, 7) is 67.4. The van der Waals surface area contributed by atoms with Crippen molar-refractivity contribution in [1.82, 2.24) is 34.4 Å². The normalized spacial score (nSPS) is 8.48. The Hall–Kier alpha value is -6.69. The van der Waals surface area contributed by atoms with Crippen LogP contribution in [0.1, 0.15) is 208 Å². The molecule has 0 bridgehead atoms. The lowest BCUT2D eigenvalue weighted by Crippen LogP contribution is -2.45. The number of nitrogens with zero attached hydrogens (tertiary/aromatic N) is 2. The first-order chi connectivity index (χ1) is 45.3. The quantitative estimate of drug-likeness (QED) is 0.0995. The van der Waals surface area contributed by atoms with Crippen molar-refractivity contribution in [3.8, 4) is 0 Å². The van der Waals surface area contributed by atoms with E-state index < -0.39 is 6.04 Å². The minimum absolute atomic E-state index is 0. The predicted molar refractivity (Wildman–Crippen MR) is 434 cm³/mol. The number of nitrogens with two attached hydrogens (primary N) is 6.